The highest BCUT2D eigenvalue weighted by atomic mass is 16.2. The maximum atomic E-state index is 12.0. The number of rotatable bonds is 0. The summed E-state index contributed by atoms with van der Waals surface area (Å²) in [5, 5.41) is 0. The molecule has 4 bridgehead atoms. The van der Waals surface area contributed by atoms with Crippen LogP contribution in [0.1, 0.15) is 32.1 Å². The molecule has 0 N–H and O–H groups in total. The van der Waals surface area contributed by atoms with Gasteiger partial charge in [-0.3, -0.25) is 9.59 Å². The molecule has 0 aromatic rings. The van der Waals surface area contributed by atoms with Gasteiger partial charge in [0.1, 0.15) is 11.6 Å². The zero-order valence-corrected chi connectivity index (χ0v) is 9.82. The van der Waals surface area contributed by atoms with Crippen LogP contribution in [-0.4, -0.2) is 11.6 Å². The van der Waals surface area contributed by atoms with E-state index < -0.39 is 0 Å². The highest BCUT2D eigenvalue weighted by molar-refractivity contribution is 6.10. The van der Waals surface area contributed by atoms with Gasteiger partial charge >= 0.3 is 0 Å². The lowest BCUT2D eigenvalue weighted by Crippen LogP contribution is -2.29. The summed E-state index contributed by atoms with van der Waals surface area (Å²) in [6, 6.07) is 0. The fraction of sp³-hybridized carbons (Fsp3) is 0.733. The molecule has 0 unspecified atom stereocenters. The molecule has 17 heavy (non-hydrogen) atoms. The van der Waals surface area contributed by atoms with Crippen LogP contribution in [0.4, 0.5) is 0 Å². The van der Waals surface area contributed by atoms with E-state index in [1.54, 1.807) is 11.1 Å². The van der Waals surface area contributed by atoms with Gasteiger partial charge in [-0.2, -0.15) is 0 Å². The van der Waals surface area contributed by atoms with Crippen LogP contribution in [0.3, 0.4) is 0 Å². The number of hydrogen-bond acceptors (Lipinski definition) is 2. The van der Waals surface area contributed by atoms with Crippen LogP contribution >= 0.6 is 0 Å². The van der Waals surface area contributed by atoms with Gasteiger partial charge in [-0.05, 0) is 49.4 Å². The molecular formula is C15H16O2. The lowest BCUT2D eigenvalue weighted by atomic mass is 9.72. The molecule has 0 aromatic carbocycles. The van der Waals surface area contributed by atoms with Crippen molar-refractivity contribution in [3.05, 3.63) is 11.1 Å². The molecule has 6 atom stereocenters. The second-order valence-corrected chi connectivity index (χ2v) is 6.73. The average molecular weight is 228 g/mol. The highest BCUT2D eigenvalue weighted by Crippen LogP contribution is 2.68. The standard InChI is InChI=1S/C15H16O2/c16-10-5-11(17)15-9-4-8(14(10)15)12-6-1-2-7(3-6)13(9)12/h6-9,14-15H,1-5H2/t6-,7-,8-,9-,14+,15+/m0/s1. The maximum Gasteiger partial charge on any atom is 0.144 e. The Morgan fingerprint density at radius 3 is 1.82 bits per heavy atom. The lowest BCUT2D eigenvalue weighted by Gasteiger charge is -2.30. The van der Waals surface area contributed by atoms with Gasteiger partial charge in [0.15, 0.2) is 0 Å². The molecule has 0 aromatic heterocycles. The number of carbonyl (C=O) groups excluding carboxylic acids is 2. The highest BCUT2D eigenvalue weighted by Gasteiger charge is 2.64. The summed E-state index contributed by atoms with van der Waals surface area (Å²) in [5.74, 6) is 3.35. The summed E-state index contributed by atoms with van der Waals surface area (Å²) < 4.78 is 0. The van der Waals surface area contributed by atoms with E-state index in [0.717, 1.165) is 18.3 Å². The Kier molecular flexibility index (Phi) is 1.37. The van der Waals surface area contributed by atoms with Gasteiger partial charge in [0, 0.05) is 11.8 Å². The summed E-state index contributed by atoms with van der Waals surface area (Å²) in [7, 11) is 0. The first-order valence-corrected chi connectivity index (χ1v) is 7.05. The molecule has 0 saturated heterocycles. The molecule has 0 aliphatic heterocycles. The van der Waals surface area contributed by atoms with Gasteiger partial charge < -0.3 is 0 Å². The van der Waals surface area contributed by atoms with Crippen LogP contribution in [0, 0.1) is 35.5 Å². The van der Waals surface area contributed by atoms with E-state index in [4.69, 9.17) is 0 Å². The summed E-state index contributed by atoms with van der Waals surface area (Å²) in [6.07, 6.45) is 5.45. The maximum absolute atomic E-state index is 12.0. The molecule has 2 nitrogen and oxygen atoms in total. The third kappa shape index (κ3) is 0.820. The first-order chi connectivity index (χ1) is 8.25. The van der Waals surface area contributed by atoms with Crippen molar-refractivity contribution in [3.63, 3.8) is 0 Å². The predicted octanol–water partition coefficient (Wildman–Crippen LogP) is 2.14. The lowest BCUT2D eigenvalue weighted by molar-refractivity contribution is -0.123. The summed E-state index contributed by atoms with van der Waals surface area (Å²) in [5.41, 5.74) is 3.35. The Hall–Kier alpha value is -0.920. The molecule has 2 heteroatoms. The minimum atomic E-state index is 0.116. The molecular weight excluding hydrogens is 212 g/mol. The Bertz CT molecular complexity index is 459. The van der Waals surface area contributed by atoms with E-state index in [9.17, 15) is 9.59 Å². The summed E-state index contributed by atoms with van der Waals surface area (Å²) in [6.45, 7) is 0. The minimum absolute atomic E-state index is 0.116. The van der Waals surface area contributed by atoms with Crippen LogP contribution < -0.4 is 0 Å². The van der Waals surface area contributed by atoms with Gasteiger partial charge in [-0.15, -0.1) is 0 Å². The van der Waals surface area contributed by atoms with Crippen molar-refractivity contribution in [2.75, 3.05) is 0 Å². The molecule has 0 amide bonds. The monoisotopic (exact) mass is 228 g/mol. The zero-order chi connectivity index (χ0) is 11.3. The molecule has 5 rings (SSSR count). The number of hydrogen-bond donors (Lipinski definition) is 0. The van der Waals surface area contributed by atoms with Crippen molar-refractivity contribution in [3.8, 4) is 0 Å². The van der Waals surface area contributed by atoms with E-state index in [1.165, 1.54) is 19.3 Å². The second kappa shape index (κ2) is 2.57. The summed E-state index contributed by atoms with van der Waals surface area (Å²) in [4.78, 5) is 24.0. The van der Waals surface area contributed by atoms with Crippen LogP contribution in [0.2, 0.25) is 0 Å². The van der Waals surface area contributed by atoms with E-state index in [1.807, 2.05) is 0 Å². The molecule has 0 spiro atoms. The Morgan fingerprint density at radius 2 is 1.29 bits per heavy atom. The molecule has 3 fully saturated rings. The van der Waals surface area contributed by atoms with Crippen LogP contribution in [-0.2, 0) is 9.59 Å². The molecule has 88 valence electrons. The normalized spacial score (nSPS) is 53.9. The number of allylic oxidation sites excluding steroid dienone is 2. The van der Waals surface area contributed by atoms with Gasteiger partial charge in [0.2, 0.25) is 0 Å². The first-order valence-electron chi connectivity index (χ1n) is 7.05. The zero-order valence-electron chi connectivity index (χ0n) is 9.82. The predicted molar refractivity (Wildman–Crippen MR) is 61.1 cm³/mol. The largest absolute Gasteiger partial charge is 0.299 e. The second-order valence-electron chi connectivity index (χ2n) is 6.73. The topological polar surface area (TPSA) is 34.1 Å². The number of Topliss-reactive ketones (excluding diaryl/α,β-unsaturated/α-hetero) is 2. The smallest absolute Gasteiger partial charge is 0.144 e. The van der Waals surface area contributed by atoms with Crippen LogP contribution in [0.5, 0.6) is 0 Å². The summed E-state index contributed by atoms with van der Waals surface area (Å²) >= 11 is 0. The van der Waals surface area contributed by atoms with Crippen molar-refractivity contribution >= 4 is 11.6 Å². The van der Waals surface area contributed by atoms with Gasteiger partial charge in [0.05, 0.1) is 6.42 Å². The SMILES string of the molecule is O=C1CC(=O)[C@@H]2[C@@H]1[C@H]1C[C@H]2C2=C1[C@H]1CC[C@H]2C1. The molecule has 5 aliphatic rings. The molecule has 0 heterocycles. The number of fused-ring (bicyclic) bond motifs is 11. The third-order valence-corrected chi connectivity index (χ3v) is 6.30. The van der Waals surface area contributed by atoms with E-state index >= 15 is 0 Å². The third-order valence-electron chi connectivity index (χ3n) is 6.30. The van der Waals surface area contributed by atoms with E-state index in [-0.39, 0.29) is 29.8 Å². The fourth-order valence-corrected chi connectivity index (χ4v) is 6.02. The van der Waals surface area contributed by atoms with Crippen molar-refractivity contribution in [1.29, 1.82) is 0 Å². The van der Waals surface area contributed by atoms with Gasteiger partial charge in [-0.25, -0.2) is 0 Å². The van der Waals surface area contributed by atoms with Crippen molar-refractivity contribution in [2.24, 2.45) is 35.5 Å². The number of ketones is 2. The van der Waals surface area contributed by atoms with Crippen molar-refractivity contribution < 1.29 is 9.59 Å². The van der Waals surface area contributed by atoms with Gasteiger partial charge in [-0.1, -0.05) is 11.1 Å². The molecule has 0 radical (unpaired) electrons. The first kappa shape index (κ1) is 9.07. The average Bonchev–Trinajstić information content (AvgIpc) is 3.03. The Morgan fingerprint density at radius 1 is 0.765 bits per heavy atom. The van der Waals surface area contributed by atoms with Gasteiger partial charge in [0.25, 0.3) is 0 Å². The minimum Gasteiger partial charge on any atom is -0.299 e. The van der Waals surface area contributed by atoms with Crippen LogP contribution in [0.15, 0.2) is 11.1 Å². The molecule has 3 saturated carbocycles. The van der Waals surface area contributed by atoms with Crippen molar-refractivity contribution in [2.45, 2.75) is 32.1 Å². The number of carbonyl (C=O) groups is 2. The molecule has 5 aliphatic carbocycles. The van der Waals surface area contributed by atoms with E-state index in [2.05, 4.69) is 0 Å². The van der Waals surface area contributed by atoms with Crippen molar-refractivity contribution in [1.82, 2.24) is 0 Å². The Balaban J connectivity index is 1.69. The van der Waals surface area contributed by atoms with Crippen LogP contribution in [0.25, 0.3) is 0 Å². The fourth-order valence-electron chi connectivity index (χ4n) is 6.02. The Labute approximate surface area is 100 Å². The quantitative estimate of drug-likeness (QED) is 0.361. The van der Waals surface area contributed by atoms with E-state index in [0.29, 0.717) is 11.8 Å².